The topological polar surface area (TPSA) is 90.7 Å². The largest absolute Gasteiger partial charge is 0.493 e. The number of nitro benzene ring substituents is 1. The second kappa shape index (κ2) is 8.73. The van der Waals surface area contributed by atoms with Crippen molar-refractivity contribution in [1.29, 1.82) is 0 Å². The molecule has 1 fully saturated rings. The van der Waals surface area contributed by atoms with Gasteiger partial charge in [-0.2, -0.15) is 13.2 Å². The predicted molar refractivity (Wildman–Crippen MR) is 112 cm³/mol. The number of nitrogens with zero attached hydrogens (tertiary/aromatic N) is 1. The Hall–Kier alpha value is -2.83. The normalized spacial score (nSPS) is 15.2. The Morgan fingerprint density at radius 1 is 1.26 bits per heavy atom. The van der Waals surface area contributed by atoms with Crippen LogP contribution in [0.4, 0.5) is 18.9 Å². The molecule has 1 heterocycles. The van der Waals surface area contributed by atoms with E-state index in [2.05, 4.69) is 5.32 Å². The van der Waals surface area contributed by atoms with E-state index in [0.29, 0.717) is 26.9 Å². The van der Waals surface area contributed by atoms with Crippen LogP contribution in [0.15, 0.2) is 35.2 Å². The molecule has 162 valence electrons. The molecule has 0 spiro atoms. The Labute approximate surface area is 187 Å². The van der Waals surface area contributed by atoms with E-state index < -0.39 is 28.1 Å². The summed E-state index contributed by atoms with van der Waals surface area (Å²) in [5.74, 6) is -0.945. The van der Waals surface area contributed by atoms with Crippen molar-refractivity contribution in [3.63, 3.8) is 0 Å². The summed E-state index contributed by atoms with van der Waals surface area (Å²) in [7, 11) is 1.28. The van der Waals surface area contributed by atoms with E-state index in [4.69, 9.17) is 33.3 Å². The molecule has 0 aliphatic carbocycles. The van der Waals surface area contributed by atoms with Crippen LogP contribution in [-0.2, 0) is 11.0 Å². The lowest BCUT2D eigenvalue weighted by atomic mass is 10.1. The fraction of sp³-hybridized carbons (Fsp3) is 0.111. The van der Waals surface area contributed by atoms with Gasteiger partial charge in [0.2, 0.25) is 5.75 Å². The molecule has 1 N–H and O–H groups in total. The molecule has 0 aromatic heterocycles. The van der Waals surface area contributed by atoms with Gasteiger partial charge in [-0.1, -0.05) is 35.6 Å². The van der Waals surface area contributed by atoms with Gasteiger partial charge in [0, 0.05) is 6.07 Å². The fourth-order valence-corrected chi connectivity index (χ4v) is 3.83. The Morgan fingerprint density at radius 3 is 2.52 bits per heavy atom. The average Bonchev–Trinajstić information content (AvgIpc) is 2.99. The number of hydrogen-bond donors (Lipinski definition) is 1. The van der Waals surface area contributed by atoms with E-state index in [1.165, 1.54) is 25.3 Å². The third-order valence-electron chi connectivity index (χ3n) is 3.89. The van der Waals surface area contributed by atoms with E-state index in [0.717, 1.165) is 17.8 Å². The maximum absolute atomic E-state index is 12.9. The summed E-state index contributed by atoms with van der Waals surface area (Å²) >= 11 is 12.2. The van der Waals surface area contributed by atoms with E-state index in [9.17, 15) is 28.1 Å². The average molecular weight is 491 g/mol. The summed E-state index contributed by atoms with van der Waals surface area (Å²) in [6, 6.07) is 4.69. The van der Waals surface area contributed by atoms with Crippen LogP contribution in [-0.4, -0.2) is 22.3 Å². The number of hydrogen-bond acceptors (Lipinski definition) is 7. The van der Waals surface area contributed by atoms with Gasteiger partial charge in [0.1, 0.15) is 4.32 Å². The maximum Gasteiger partial charge on any atom is 0.416 e. The number of amides is 1. The van der Waals surface area contributed by atoms with Crippen LogP contribution in [0, 0.1) is 10.1 Å². The van der Waals surface area contributed by atoms with Gasteiger partial charge in [0.15, 0.2) is 11.5 Å². The first-order valence-electron chi connectivity index (χ1n) is 8.15. The number of thiocarbonyl (C=S) groups is 1. The number of ether oxygens (including phenoxy) is 2. The van der Waals surface area contributed by atoms with Gasteiger partial charge in [0.25, 0.3) is 5.91 Å². The molecular formula is C18H10ClF3N2O5S2. The number of halogens is 4. The lowest BCUT2D eigenvalue weighted by Crippen LogP contribution is -2.17. The van der Waals surface area contributed by atoms with Gasteiger partial charge in [-0.15, -0.1) is 0 Å². The summed E-state index contributed by atoms with van der Waals surface area (Å²) < 4.78 is 49.6. The summed E-state index contributed by atoms with van der Waals surface area (Å²) in [6.07, 6.45) is -3.27. The van der Waals surface area contributed by atoms with Crippen molar-refractivity contribution < 1.29 is 32.4 Å². The molecule has 31 heavy (non-hydrogen) atoms. The zero-order valence-electron chi connectivity index (χ0n) is 15.3. The van der Waals surface area contributed by atoms with Crippen molar-refractivity contribution in [1.82, 2.24) is 5.32 Å². The first-order chi connectivity index (χ1) is 14.5. The van der Waals surface area contributed by atoms with Crippen molar-refractivity contribution in [3.05, 3.63) is 61.5 Å². The van der Waals surface area contributed by atoms with E-state index in [1.807, 2.05) is 0 Å². The van der Waals surface area contributed by atoms with Gasteiger partial charge in [0.05, 0.1) is 27.5 Å². The maximum atomic E-state index is 12.9. The second-order valence-corrected chi connectivity index (χ2v) is 8.05. The van der Waals surface area contributed by atoms with Gasteiger partial charge in [-0.3, -0.25) is 14.9 Å². The number of carbonyl (C=O) groups excluding carboxylic acids is 1. The molecule has 0 atom stereocenters. The van der Waals surface area contributed by atoms with Crippen LogP contribution in [0.25, 0.3) is 6.08 Å². The Kier molecular flexibility index (Phi) is 6.43. The second-order valence-electron chi connectivity index (χ2n) is 5.93. The molecule has 0 bridgehead atoms. The third kappa shape index (κ3) is 5.09. The minimum absolute atomic E-state index is 0.0412. The minimum atomic E-state index is -4.76. The smallest absolute Gasteiger partial charge is 0.416 e. The van der Waals surface area contributed by atoms with Crippen molar-refractivity contribution >= 4 is 57.6 Å². The van der Waals surface area contributed by atoms with Gasteiger partial charge >= 0.3 is 11.9 Å². The number of nitro groups is 1. The van der Waals surface area contributed by atoms with Crippen molar-refractivity contribution in [2.45, 2.75) is 6.18 Å². The molecule has 1 amide bonds. The number of nitrogens with one attached hydrogen (secondary N) is 1. The molecular weight excluding hydrogens is 481 g/mol. The molecule has 1 saturated heterocycles. The SMILES string of the molecule is COc1cc(/C=C2\SC(=S)NC2=O)cc(Cl)c1Oc1ccc(C(F)(F)F)cc1[N+](=O)[O-]. The molecule has 2 aromatic rings. The van der Waals surface area contributed by atoms with Crippen LogP contribution < -0.4 is 14.8 Å². The van der Waals surface area contributed by atoms with Crippen LogP contribution in [0.5, 0.6) is 17.2 Å². The molecule has 1 aliphatic rings. The highest BCUT2D eigenvalue weighted by Crippen LogP contribution is 2.44. The fourth-order valence-electron chi connectivity index (χ4n) is 2.53. The standard InChI is InChI=1S/C18H10ClF3N2O5S2/c1-28-13-5-8(6-14-16(25)23-17(30)31-14)4-10(19)15(13)29-12-3-2-9(18(20,21)22)7-11(12)24(26)27/h2-7H,1H3,(H,23,25,30)/b14-6-. The van der Waals surface area contributed by atoms with Crippen LogP contribution in [0.2, 0.25) is 5.02 Å². The molecule has 13 heteroatoms. The van der Waals surface area contributed by atoms with Crippen molar-refractivity contribution in [2.75, 3.05) is 7.11 Å². The van der Waals surface area contributed by atoms with Gasteiger partial charge in [-0.25, -0.2) is 0 Å². The number of alkyl halides is 3. The quantitative estimate of drug-likeness (QED) is 0.254. The molecule has 7 nitrogen and oxygen atoms in total. The first kappa shape index (κ1) is 22.8. The molecule has 0 radical (unpaired) electrons. The number of rotatable bonds is 5. The van der Waals surface area contributed by atoms with E-state index in [1.54, 1.807) is 0 Å². The number of carbonyl (C=O) groups is 1. The summed E-state index contributed by atoms with van der Waals surface area (Å²) in [6.45, 7) is 0. The predicted octanol–water partition coefficient (Wildman–Crippen LogP) is 5.56. The monoisotopic (exact) mass is 490 g/mol. The number of methoxy groups -OCH3 is 1. The third-order valence-corrected chi connectivity index (χ3v) is 5.33. The van der Waals surface area contributed by atoms with Crippen molar-refractivity contribution in [2.24, 2.45) is 0 Å². The first-order valence-corrected chi connectivity index (χ1v) is 9.75. The summed E-state index contributed by atoms with van der Waals surface area (Å²) in [4.78, 5) is 22.4. The lowest BCUT2D eigenvalue weighted by Gasteiger charge is -2.14. The van der Waals surface area contributed by atoms with Gasteiger partial charge in [-0.05, 0) is 35.9 Å². The lowest BCUT2D eigenvalue weighted by molar-refractivity contribution is -0.385. The molecule has 0 saturated carbocycles. The number of benzene rings is 2. The highest BCUT2D eigenvalue weighted by Gasteiger charge is 2.34. The zero-order valence-corrected chi connectivity index (χ0v) is 17.7. The van der Waals surface area contributed by atoms with E-state index >= 15 is 0 Å². The van der Waals surface area contributed by atoms with Crippen LogP contribution in [0.3, 0.4) is 0 Å². The van der Waals surface area contributed by atoms with E-state index in [-0.39, 0.29) is 22.4 Å². The van der Waals surface area contributed by atoms with Gasteiger partial charge < -0.3 is 14.8 Å². The number of thioether (sulfide) groups is 1. The molecule has 3 rings (SSSR count). The Bertz CT molecular complexity index is 1140. The summed E-state index contributed by atoms with van der Waals surface area (Å²) in [5.41, 5.74) is -1.65. The van der Waals surface area contributed by atoms with Crippen LogP contribution >= 0.6 is 35.6 Å². The molecule has 0 unspecified atom stereocenters. The highest BCUT2D eigenvalue weighted by atomic mass is 35.5. The molecule has 2 aromatic carbocycles. The molecule has 1 aliphatic heterocycles. The highest BCUT2D eigenvalue weighted by molar-refractivity contribution is 8.26. The van der Waals surface area contributed by atoms with Crippen molar-refractivity contribution in [3.8, 4) is 17.2 Å². The summed E-state index contributed by atoms with van der Waals surface area (Å²) in [5, 5.41) is 13.7. The Morgan fingerprint density at radius 2 is 1.97 bits per heavy atom. The zero-order chi connectivity index (χ0) is 22.9. The minimum Gasteiger partial charge on any atom is -0.493 e. The Balaban J connectivity index is 2.01. The van der Waals surface area contributed by atoms with Crippen LogP contribution in [0.1, 0.15) is 11.1 Å².